The van der Waals surface area contributed by atoms with Gasteiger partial charge in [0.15, 0.2) is 16.7 Å². The molecule has 1 aliphatic heterocycles. The standard InChI is InChI=1S/C23H19ClN2O4S/c1-13(2)30-17-8-6-14(7-9-17)20(27)18-19(15-4-3-5-16(24)12-15)26(22(29)21(18)28)23-25-10-11-31-23/h3-13,19,28H,1-2H3. The number of hydrogen-bond donors (Lipinski definition) is 1. The lowest BCUT2D eigenvalue weighted by Gasteiger charge is -2.24. The number of aromatic nitrogens is 1. The van der Waals surface area contributed by atoms with Gasteiger partial charge in [-0.3, -0.25) is 14.5 Å². The van der Waals surface area contributed by atoms with Crippen molar-refractivity contribution in [2.24, 2.45) is 0 Å². The number of hydrogen-bond acceptors (Lipinski definition) is 6. The highest BCUT2D eigenvalue weighted by Crippen LogP contribution is 2.43. The Bertz CT molecular complexity index is 1160. The lowest BCUT2D eigenvalue weighted by atomic mass is 9.93. The molecule has 1 N–H and O–H groups in total. The maximum atomic E-state index is 13.4. The monoisotopic (exact) mass is 454 g/mol. The van der Waals surface area contributed by atoms with Crippen LogP contribution in [0, 0.1) is 0 Å². The van der Waals surface area contributed by atoms with Gasteiger partial charge in [0.05, 0.1) is 17.7 Å². The van der Waals surface area contributed by atoms with Gasteiger partial charge in [-0.25, -0.2) is 4.98 Å². The number of carbonyl (C=O) groups is 2. The second-order valence-electron chi connectivity index (χ2n) is 7.23. The Balaban J connectivity index is 1.78. The minimum absolute atomic E-state index is 0.000165. The van der Waals surface area contributed by atoms with Crippen molar-refractivity contribution >= 4 is 39.8 Å². The van der Waals surface area contributed by atoms with Gasteiger partial charge in [-0.15, -0.1) is 11.3 Å². The fourth-order valence-corrected chi connectivity index (χ4v) is 4.34. The molecule has 158 valence electrons. The molecule has 31 heavy (non-hydrogen) atoms. The summed E-state index contributed by atoms with van der Waals surface area (Å²) in [6, 6.07) is 12.6. The first-order valence-electron chi connectivity index (χ1n) is 9.60. The molecule has 1 amide bonds. The van der Waals surface area contributed by atoms with E-state index in [1.807, 2.05) is 13.8 Å². The molecule has 1 unspecified atom stereocenters. The quantitative estimate of drug-likeness (QED) is 0.507. The Morgan fingerprint density at radius 1 is 1.23 bits per heavy atom. The fourth-order valence-electron chi connectivity index (χ4n) is 3.47. The molecule has 6 nitrogen and oxygen atoms in total. The normalized spacial score (nSPS) is 16.3. The number of nitrogens with zero attached hydrogens (tertiary/aromatic N) is 2. The van der Waals surface area contributed by atoms with E-state index in [4.69, 9.17) is 16.3 Å². The third-order valence-electron chi connectivity index (χ3n) is 4.73. The first kappa shape index (κ1) is 21.1. The average Bonchev–Trinajstić information content (AvgIpc) is 3.35. The summed E-state index contributed by atoms with van der Waals surface area (Å²) in [6.07, 6.45) is 1.56. The number of amides is 1. The molecule has 0 saturated carbocycles. The number of aliphatic hydroxyl groups is 1. The molecule has 2 aromatic carbocycles. The Hall–Kier alpha value is -3.16. The lowest BCUT2D eigenvalue weighted by Crippen LogP contribution is -2.30. The molecule has 0 saturated heterocycles. The van der Waals surface area contributed by atoms with Gasteiger partial charge >= 0.3 is 0 Å². The Kier molecular flexibility index (Phi) is 5.80. The van der Waals surface area contributed by atoms with E-state index >= 15 is 0 Å². The van der Waals surface area contributed by atoms with Crippen LogP contribution in [-0.4, -0.2) is 27.9 Å². The van der Waals surface area contributed by atoms with E-state index in [1.165, 1.54) is 16.2 Å². The highest BCUT2D eigenvalue weighted by Gasteiger charge is 2.45. The van der Waals surface area contributed by atoms with Crippen LogP contribution in [0.1, 0.15) is 35.8 Å². The van der Waals surface area contributed by atoms with E-state index in [2.05, 4.69) is 4.98 Å². The summed E-state index contributed by atoms with van der Waals surface area (Å²) in [5, 5.41) is 13.3. The van der Waals surface area contributed by atoms with E-state index in [9.17, 15) is 14.7 Å². The molecule has 8 heteroatoms. The predicted octanol–water partition coefficient (Wildman–Crippen LogP) is 5.37. The third kappa shape index (κ3) is 4.06. The minimum atomic E-state index is -0.851. The van der Waals surface area contributed by atoms with Crippen molar-refractivity contribution in [2.75, 3.05) is 4.90 Å². The number of aliphatic hydroxyl groups excluding tert-OH is 1. The molecule has 0 spiro atoms. The van der Waals surface area contributed by atoms with Crippen molar-refractivity contribution in [3.8, 4) is 5.75 Å². The van der Waals surface area contributed by atoms with Gasteiger partial charge < -0.3 is 9.84 Å². The van der Waals surface area contributed by atoms with Gasteiger partial charge in [0.2, 0.25) is 0 Å². The summed E-state index contributed by atoms with van der Waals surface area (Å²) in [6.45, 7) is 3.82. The number of benzene rings is 2. The summed E-state index contributed by atoms with van der Waals surface area (Å²) < 4.78 is 5.63. The Labute approximate surface area is 188 Å². The number of rotatable bonds is 6. The summed E-state index contributed by atoms with van der Waals surface area (Å²) in [4.78, 5) is 31.9. The summed E-state index contributed by atoms with van der Waals surface area (Å²) in [5.41, 5.74) is 0.918. The maximum Gasteiger partial charge on any atom is 0.296 e. The smallest absolute Gasteiger partial charge is 0.296 e. The van der Waals surface area contributed by atoms with Crippen molar-refractivity contribution in [1.29, 1.82) is 0 Å². The van der Waals surface area contributed by atoms with Crippen molar-refractivity contribution in [1.82, 2.24) is 4.98 Å². The van der Waals surface area contributed by atoms with Crippen LogP contribution in [0.2, 0.25) is 5.02 Å². The van der Waals surface area contributed by atoms with E-state index in [1.54, 1.807) is 60.1 Å². The van der Waals surface area contributed by atoms with E-state index < -0.39 is 23.5 Å². The number of carbonyl (C=O) groups excluding carboxylic acids is 2. The molecular formula is C23H19ClN2O4S. The molecule has 0 aliphatic carbocycles. The molecule has 0 fully saturated rings. The van der Waals surface area contributed by atoms with E-state index in [0.717, 1.165) is 0 Å². The zero-order chi connectivity index (χ0) is 22.1. The van der Waals surface area contributed by atoms with Crippen molar-refractivity contribution in [3.05, 3.63) is 87.6 Å². The van der Waals surface area contributed by atoms with Gasteiger partial charge in [0, 0.05) is 22.2 Å². The van der Waals surface area contributed by atoms with Gasteiger partial charge in [-0.2, -0.15) is 0 Å². The number of Topliss-reactive ketones (excluding diaryl/α,β-unsaturated/α-hetero) is 1. The number of halogens is 1. The average molecular weight is 455 g/mol. The summed E-state index contributed by atoms with van der Waals surface area (Å²) in [5.74, 6) is -1.09. The van der Waals surface area contributed by atoms with E-state index in [0.29, 0.717) is 27.0 Å². The highest BCUT2D eigenvalue weighted by atomic mass is 35.5. The molecule has 2 heterocycles. The molecule has 1 aromatic heterocycles. The molecule has 3 aromatic rings. The molecule has 4 rings (SSSR count). The fraction of sp³-hybridized carbons (Fsp3) is 0.174. The molecule has 1 aliphatic rings. The Morgan fingerprint density at radius 2 is 1.97 bits per heavy atom. The van der Waals surface area contributed by atoms with Gasteiger partial charge in [-0.05, 0) is 55.8 Å². The third-order valence-corrected chi connectivity index (χ3v) is 5.74. The SMILES string of the molecule is CC(C)Oc1ccc(C(=O)C2=C(O)C(=O)N(c3nccs3)C2c2cccc(Cl)c2)cc1. The second kappa shape index (κ2) is 8.53. The molecule has 0 radical (unpaired) electrons. The second-order valence-corrected chi connectivity index (χ2v) is 8.54. The van der Waals surface area contributed by atoms with Crippen molar-refractivity contribution < 1.29 is 19.4 Å². The number of anilines is 1. The topological polar surface area (TPSA) is 79.7 Å². The summed E-state index contributed by atoms with van der Waals surface area (Å²) >= 11 is 7.42. The zero-order valence-electron chi connectivity index (χ0n) is 16.8. The molecule has 1 atom stereocenters. The van der Waals surface area contributed by atoms with Crippen molar-refractivity contribution in [3.63, 3.8) is 0 Å². The number of ketones is 1. The first-order valence-corrected chi connectivity index (χ1v) is 10.9. The maximum absolute atomic E-state index is 13.4. The van der Waals surface area contributed by atoms with Crippen LogP contribution in [-0.2, 0) is 4.79 Å². The zero-order valence-corrected chi connectivity index (χ0v) is 18.4. The van der Waals surface area contributed by atoms with Gasteiger partial charge in [0.25, 0.3) is 5.91 Å². The highest BCUT2D eigenvalue weighted by molar-refractivity contribution is 7.13. The lowest BCUT2D eigenvalue weighted by molar-refractivity contribution is -0.117. The largest absolute Gasteiger partial charge is 0.503 e. The van der Waals surface area contributed by atoms with Crippen LogP contribution in [0.5, 0.6) is 5.75 Å². The van der Waals surface area contributed by atoms with Gasteiger partial charge in [0.1, 0.15) is 5.75 Å². The van der Waals surface area contributed by atoms with Crippen LogP contribution in [0.25, 0.3) is 0 Å². The van der Waals surface area contributed by atoms with Crippen LogP contribution in [0.15, 0.2) is 71.4 Å². The molecular weight excluding hydrogens is 436 g/mol. The number of thiazole rings is 1. The van der Waals surface area contributed by atoms with Crippen LogP contribution in [0.4, 0.5) is 5.13 Å². The van der Waals surface area contributed by atoms with Crippen LogP contribution in [0.3, 0.4) is 0 Å². The predicted molar refractivity (Wildman–Crippen MR) is 120 cm³/mol. The van der Waals surface area contributed by atoms with Crippen molar-refractivity contribution in [2.45, 2.75) is 26.0 Å². The van der Waals surface area contributed by atoms with E-state index in [-0.39, 0.29) is 11.7 Å². The minimum Gasteiger partial charge on any atom is -0.503 e. The number of ether oxygens (including phenoxy) is 1. The van der Waals surface area contributed by atoms with Gasteiger partial charge in [-0.1, -0.05) is 23.7 Å². The first-order chi connectivity index (χ1) is 14.9. The van der Waals surface area contributed by atoms with Crippen LogP contribution < -0.4 is 9.64 Å². The molecule has 0 bridgehead atoms. The Morgan fingerprint density at radius 3 is 2.58 bits per heavy atom. The summed E-state index contributed by atoms with van der Waals surface area (Å²) in [7, 11) is 0. The van der Waals surface area contributed by atoms with Crippen LogP contribution >= 0.6 is 22.9 Å².